The molecule has 0 heterocycles. The van der Waals surface area contributed by atoms with Gasteiger partial charge in [-0.25, -0.2) is 4.99 Å². The number of methoxy groups -OCH3 is 1. The molecule has 1 aromatic carbocycles. The zero-order valence-electron chi connectivity index (χ0n) is 14.0. The molecule has 22 heavy (non-hydrogen) atoms. The van der Waals surface area contributed by atoms with Crippen molar-refractivity contribution < 1.29 is 9.47 Å². The minimum atomic E-state index is 0.491. The van der Waals surface area contributed by atoms with Crippen molar-refractivity contribution in [2.75, 3.05) is 20.3 Å². The molecule has 1 aromatic rings. The summed E-state index contributed by atoms with van der Waals surface area (Å²) in [7, 11) is 1.64. The van der Waals surface area contributed by atoms with Crippen molar-refractivity contribution in [1.82, 2.24) is 5.32 Å². The highest BCUT2D eigenvalue weighted by atomic mass is 16.5. The first-order valence-electron chi connectivity index (χ1n) is 8.04. The zero-order chi connectivity index (χ0) is 16.2. The van der Waals surface area contributed by atoms with Gasteiger partial charge in [0.25, 0.3) is 0 Å². The van der Waals surface area contributed by atoms with Crippen LogP contribution in [0.5, 0.6) is 11.5 Å². The van der Waals surface area contributed by atoms with Crippen LogP contribution in [0.25, 0.3) is 0 Å². The fourth-order valence-electron chi connectivity index (χ4n) is 2.09. The highest BCUT2D eigenvalue weighted by Gasteiger charge is 2.05. The van der Waals surface area contributed by atoms with E-state index >= 15 is 0 Å². The highest BCUT2D eigenvalue weighted by molar-refractivity contribution is 5.77. The molecular weight excluding hydrogens is 278 g/mol. The number of nitrogens with zero attached hydrogens (tertiary/aromatic N) is 1. The van der Waals surface area contributed by atoms with E-state index in [1.54, 1.807) is 7.11 Å². The van der Waals surface area contributed by atoms with E-state index in [1.165, 1.54) is 19.3 Å². The molecule has 3 N–H and O–H groups in total. The Kier molecular flexibility index (Phi) is 8.88. The van der Waals surface area contributed by atoms with E-state index in [9.17, 15) is 0 Å². The Balaban J connectivity index is 2.48. The maximum absolute atomic E-state index is 5.87. The van der Waals surface area contributed by atoms with Gasteiger partial charge in [0.1, 0.15) is 0 Å². The van der Waals surface area contributed by atoms with Gasteiger partial charge in [-0.2, -0.15) is 0 Å². The summed E-state index contributed by atoms with van der Waals surface area (Å²) in [6, 6.07) is 5.81. The molecule has 0 fully saturated rings. The van der Waals surface area contributed by atoms with Crippen LogP contribution in [0.2, 0.25) is 0 Å². The minimum Gasteiger partial charge on any atom is -0.493 e. The lowest BCUT2D eigenvalue weighted by Crippen LogP contribution is -2.32. The average molecular weight is 307 g/mol. The zero-order valence-corrected chi connectivity index (χ0v) is 14.0. The number of nitrogens with one attached hydrogen (secondary N) is 1. The first-order chi connectivity index (χ1) is 10.7. The Bertz CT molecular complexity index is 461. The summed E-state index contributed by atoms with van der Waals surface area (Å²) in [5, 5.41) is 3.15. The van der Waals surface area contributed by atoms with Crippen LogP contribution in [-0.4, -0.2) is 26.2 Å². The highest BCUT2D eigenvalue weighted by Crippen LogP contribution is 2.28. The number of rotatable bonds is 10. The molecule has 0 bridgehead atoms. The van der Waals surface area contributed by atoms with Crippen LogP contribution in [0, 0.1) is 0 Å². The molecular formula is C17H29N3O2. The Morgan fingerprint density at radius 1 is 1.18 bits per heavy atom. The van der Waals surface area contributed by atoms with Gasteiger partial charge < -0.3 is 20.5 Å². The van der Waals surface area contributed by atoms with Gasteiger partial charge in [0.2, 0.25) is 0 Å². The topological polar surface area (TPSA) is 68.9 Å². The molecule has 0 aromatic heterocycles. The van der Waals surface area contributed by atoms with Crippen LogP contribution >= 0.6 is 0 Å². The number of aliphatic imine (C=N–C) groups is 1. The lowest BCUT2D eigenvalue weighted by Gasteiger charge is -2.10. The van der Waals surface area contributed by atoms with E-state index in [-0.39, 0.29) is 0 Å². The maximum atomic E-state index is 5.87. The van der Waals surface area contributed by atoms with Crippen molar-refractivity contribution in [3.8, 4) is 11.5 Å². The molecule has 0 saturated carbocycles. The second kappa shape index (κ2) is 10.8. The van der Waals surface area contributed by atoms with Crippen LogP contribution in [0.3, 0.4) is 0 Å². The van der Waals surface area contributed by atoms with Crippen molar-refractivity contribution in [3.63, 3.8) is 0 Å². The smallest absolute Gasteiger partial charge is 0.188 e. The number of unbranched alkanes of at least 4 members (excludes halogenated alkanes) is 3. The second-order valence-electron chi connectivity index (χ2n) is 5.11. The predicted octanol–water partition coefficient (Wildman–Crippen LogP) is 3.08. The molecule has 0 aliphatic rings. The third-order valence-corrected chi connectivity index (χ3v) is 3.30. The molecule has 0 unspecified atom stereocenters. The van der Waals surface area contributed by atoms with E-state index in [0.717, 1.165) is 30.0 Å². The summed E-state index contributed by atoms with van der Waals surface area (Å²) >= 11 is 0. The van der Waals surface area contributed by atoms with Crippen molar-refractivity contribution in [1.29, 1.82) is 0 Å². The van der Waals surface area contributed by atoms with E-state index in [0.29, 0.717) is 19.1 Å². The van der Waals surface area contributed by atoms with Gasteiger partial charge in [0, 0.05) is 6.54 Å². The Morgan fingerprint density at radius 2 is 2.00 bits per heavy atom. The molecule has 0 saturated heterocycles. The summed E-state index contributed by atoms with van der Waals surface area (Å²) in [4.78, 5) is 4.36. The van der Waals surface area contributed by atoms with Gasteiger partial charge in [-0.3, -0.25) is 0 Å². The van der Waals surface area contributed by atoms with Gasteiger partial charge in [-0.05, 0) is 31.0 Å². The number of hydrogen-bond acceptors (Lipinski definition) is 3. The average Bonchev–Trinajstić information content (AvgIpc) is 2.53. The molecule has 0 aliphatic carbocycles. The molecule has 0 spiro atoms. The third kappa shape index (κ3) is 6.70. The quantitative estimate of drug-likeness (QED) is 0.396. The third-order valence-electron chi connectivity index (χ3n) is 3.30. The minimum absolute atomic E-state index is 0.491. The summed E-state index contributed by atoms with van der Waals surface area (Å²) in [5.74, 6) is 1.96. The van der Waals surface area contributed by atoms with E-state index in [4.69, 9.17) is 15.2 Å². The van der Waals surface area contributed by atoms with Crippen LogP contribution in [0.4, 0.5) is 0 Å². The number of hydrogen-bond donors (Lipinski definition) is 2. The van der Waals surface area contributed by atoms with E-state index < -0.39 is 0 Å². The lowest BCUT2D eigenvalue weighted by molar-refractivity contribution is 0.310. The Hall–Kier alpha value is -1.91. The maximum Gasteiger partial charge on any atom is 0.188 e. The van der Waals surface area contributed by atoms with Crippen LogP contribution in [0.15, 0.2) is 23.2 Å². The SMILES string of the molecule is CCCCCCNC(N)=NCc1ccc(OC)c(OCC)c1. The summed E-state index contributed by atoms with van der Waals surface area (Å²) in [6.07, 6.45) is 4.86. The fourth-order valence-corrected chi connectivity index (χ4v) is 2.09. The second-order valence-corrected chi connectivity index (χ2v) is 5.11. The molecule has 1 rings (SSSR count). The van der Waals surface area contributed by atoms with E-state index in [2.05, 4.69) is 17.2 Å². The van der Waals surface area contributed by atoms with Gasteiger partial charge in [0.05, 0.1) is 20.3 Å². The molecule has 5 nitrogen and oxygen atoms in total. The number of guanidine groups is 1. The normalized spacial score (nSPS) is 11.3. The Morgan fingerprint density at radius 3 is 2.68 bits per heavy atom. The molecule has 0 atom stereocenters. The van der Waals surface area contributed by atoms with E-state index in [1.807, 2.05) is 25.1 Å². The van der Waals surface area contributed by atoms with Crippen LogP contribution < -0.4 is 20.5 Å². The van der Waals surface area contributed by atoms with Gasteiger partial charge in [-0.15, -0.1) is 0 Å². The van der Waals surface area contributed by atoms with Crippen molar-refractivity contribution >= 4 is 5.96 Å². The van der Waals surface area contributed by atoms with Gasteiger partial charge in [-0.1, -0.05) is 32.3 Å². The first-order valence-corrected chi connectivity index (χ1v) is 8.04. The summed E-state index contributed by atoms with van der Waals surface area (Å²) in [5.41, 5.74) is 6.91. The van der Waals surface area contributed by atoms with Crippen LogP contribution in [-0.2, 0) is 6.54 Å². The van der Waals surface area contributed by atoms with Gasteiger partial charge in [0.15, 0.2) is 17.5 Å². The van der Waals surface area contributed by atoms with Crippen molar-refractivity contribution in [2.45, 2.75) is 46.1 Å². The number of benzene rings is 1. The number of nitrogens with two attached hydrogens (primary N) is 1. The Labute approximate surface area is 133 Å². The standard InChI is InChI=1S/C17H29N3O2/c1-4-6-7-8-11-19-17(18)20-13-14-9-10-15(21-3)16(12-14)22-5-2/h9-10,12H,4-8,11,13H2,1-3H3,(H3,18,19,20). The molecule has 0 radical (unpaired) electrons. The monoisotopic (exact) mass is 307 g/mol. The molecule has 0 amide bonds. The summed E-state index contributed by atoms with van der Waals surface area (Å²) in [6.45, 7) is 6.16. The molecule has 124 valence electrons. The lowest BCUT2D eigenvalue weighted by atomic mass is 10.2. The number of ether oxygens (including phenoxy) is 2. The van der Waals surface area contributed by atoms with Crippen molar-refractivity contribution in [3.05, 3.63) is 23.8 Å². The largest absolute Gasteiger partial charge is 0.493 e. The summed E-state index contributed by atoms with van der Waals surface area (Å²) < 4.78 is 10.8. The fraction of sp³-hybridized carbons (Fsp3) is 0.588. The predicted molar refractivity (Wildman–Crippen MR) is 91.6 cm³/mol. The van der Waals surface area contributed by atoms with Crippen LogP contribution in [0.1, 0.15) is 45.1 Å². The first kappa shape index (κ1) is 18.1. The van der Waals surface area contributed by atoms with Gasteiger partial charge >= 0.3 is 0 Å². The molecule has 5 heteroatoms. The molecule has 0 aliphatic heterocycles. The van der Waals surface area contributed by atoms with Crippen molar-refractivity contribution in [2.24, 2.45) is 10.7 Å².